The number of benzene rings is 1. The zero-order valence-corrected chi connectivity index (χ0v) is 17.1. The predicted molar refractivity (Wildman–Crippen MR) is 116 cm³/mol. The topological polar surface area (TPSA) is 71.2 Å². The van der Waals surface area contributed by atoms with Crippen molar-refractivity contribution < 1.29 is 4.79 Å². The number of rotatable bonds is 5. The molecule has 3 N–H and O–H groups in total. The van der Waals surface area contributed by atoms with Gasteiger partial charge in [-0.1, -0.05) is 30.3 Å². The third-order valence-corrected chi connectivity index (χ3v) is 5.00. The number of nitrogens with two attached hydrogens (primary N) is 1. The van der Waals surface area contributed by atoms with Crippen LogP contribution in [0.3, 0.4) is 0 Å². The zero-order valence-electron chi connectivity index (χ0n) is 15.5. The summed E-state index contributed by atoms with van der Waals surface area (Å²) in [6.45, 7) is 3.90. The fourth-order valence-corrected chi connectivity index (χ4v) is 3.38. The summed E-state index contributed by atoms with van der Waals surface area (Å²) in [7, 11) is 0. The fourth-order valence-electron chi connectivity index (χ4n) is 3.38. The highest BCUT2D eigenvalue weighted by molar-refractivity contribution is 5.94. The van der Waals surface area contributed by atoms with E-state index in [0.717, 1.165) is 32.4 Å². The van der Waals surface area contributed by atoms with E-state index in [1.54, 1.807) is 18.3 Å². The van der Waals surface area contributed by atoms with Crippen LogP contribution >= 0.6 is 24.8 Å². The summed E-state index contributed by atoms with van der Waals surface area (Å²) in [6, 6.07) is 14.0. The van der Waals surface area contributed by atoms with Gasteiger partial charge in [0.1, 0.15) is 5.82 Å². The smallest absolute Gasteiger partial charge is 0.241 e. The SMILES string of the molecule is CC(C(=O)Nc1ccc(N)nc1)N1CCC(Cc2ccccc2)CC1.Cl.Cl. The number of carbonyl (C=O) groups excluding carboxylic acids is 1. The first-order valence-electron chi connectivity index (χ1n) is 8.92. The second kappa shape index (κ2) is 11.1. The van der Waals surface area contributed by atoms with Gasteiger partial charge in [0.15, 0.2) is 0 Å². The van der Waals surface area contributed by atoms with Crippen LogP contribution in [-0.2, 0) is 11.2 Å². The van der Waals surface area contributed by atoms with Gasteiger partial charge in [-0.25, -0.2) is 4.98 Å². The van der Waals surface area contributed by atoms with E-state index in [9.17, 15) is 4.79 Å². The van der Waals surface area contributed by atoms with Gasteiger partial charge < -0.3 is 11.1 Å². The number of aromatic nitrogens is 1. The highest BCUT2D eigenvalue weighted by Gasteiger charge is 2.26. The molecular formula is C20H28Cl2N4O. The van der Waals surface area contributed by atoms with E-state index in [4.69, 9.17) is 5.73 Å². The molecule has 1 aliphatic heterocycles. The molecule has 1 unspecified atom stereocenters. The average Bonchev–Trinajstić information content (AvgIpc) is 2.64. The van der Waals surface area contributed by atoms with Crippen molar-refractivity contribution >= 4 is 42.2 Å². The van der Waals surface area contributed by atoms with Crippen molar-refractivity contribution in [3.8, 4) is 0 Å². The number of halogens is 2. The molecule has 148 valence electrons. The Morgan fingerprint density at radius 1 is 1.19 bits per heavy atom. The Balaban J connectivity index is 0.00000182. The molecule has 1 amide bonds. The molecule has 1 atom stereocenters. The van der Waals surface area contributed by atoms with Crippen molar-refractivity contribution in [1.82, 2.24) is 9.88 Å². The maximum absolute atomic E-state index is 12.5. The number of piperidine rings is 1. The molecule has 27 heavy (non-hydrogen) atoms. The van der Waals surface area contributed by atoms with Crippen molar-refractivity contribution in [2.24, 2.45) is 5.92 Å². The van der Waals surface area contributed by atoms with Crippen molar-refractivity contribution in [2.75, 3.05) is 24.1 Å². The molecule has 0 saturated carbocycles. The standard InChI is InChI=1S/C20H26N4O.2ClH/c1-15(20(25)23-18-7-8-19(21)22-14-18)24-11-9-17(10-12-24)13-16-5-3-2-4-6-16;;/h2-8,14-15,17H,9-13H2,1H3,(H2,21,22)(H,23,25);2*1H. The second-order valence-corrected chi connectivity index (χ2v) is 6.81. The van der Waals surface area contributed by atoms with Crippen LogP contribution in [-0.4, -0.2) is 34.9 Å². The first kappa shape index (κ1) is 23.2. The molecule has 5 nitrogen and oxygen atoms in total. The number of nitrogens with zero attached hydrogens (tertiary/aromatic N) is 2. The summed E-state index contributed by atoms with van der Waals surface area (Å²) >= 11 is 0. The Kier molecular flexibility index (Phi) is 9.56. The second-order valence-electron chi connectivity index (χ2n) is 6.81. The van der Waals surface area contributed by atoms with Gasteiger partial charge in [-0.3, -0.25) is 9.69 Å². The molecule has 0 spiro atoms. The maximum Gasteiger partial charge on any atom is 0.241 e. The van der Waals surface area contributed by atoms with Gasteiger partial charge in [0.05, 0.1) is 17.9 Å². The largest absolute Gasteiger partial charge is 0.384 e. The van der Waals surface area contributed by atoms with Gasteiger partial charge in [0.2, 0.25) is 5.91 Å². The molecular weight excluding hydrogens is 383 g/mol. The molecule has 1 aliphatic rings. The van der Waals surface area contributed by atoms with Crippen LogP contribution in [0.1, 0.15) is 25.3 Å². The summed E-state index contributed by atoms with van der Waals surface area (Å²) < 4.78 is 0. The van der Waals surface area contributed by atoms with Crippen LogP contribution in [0.4, 0.5) is 11.5 Å². The minimum Gasteiger partial charge on any atom is -0.384 e. The summed E-state index contributed by atoms with van der Waals surface area (Å²) in [5, 5.41) is 2.92. The molecule has 2 heterocycles. The highest BCUT2D eigenvalue weighted by atomic mass is 35.5. The Morgan fingerprint density at radius 2 is 1.85 bits per heavy atom. The van der Waals surface area contributed by atoms with Gasteiger partial charge in [0.25, 0.3) is 0 Å². The lowest BCUT2D eigenvalue weighted by Gasteiger charge is -2.35. The Morgan fingerprint density at radius 3 is 2.44 bits per heavy atom. The molecule has 3 rings (SSSR count). The monoisotopic (exact) mass is 410 g/mol. The summed E-state index contributed by atoms with van der Waals surface area (Å²) in [5.74, 6) is 1.16. The first-order chi connectivity index (χ1) is 12.1. The number of nitrogen functional groups attached to an aromatic ring is 1. The third-order valence-electron chi connectivity index (χ3n) is 5.00. The lowest BCUT2D eigenvalue weighted by atomic mass is 9.89. The van der Waals surface area contributed by atoms with E-state index < -0.39 is 0 Å². The predicted octanol–water partition coefficient (Wildman–Crippen LogP) is 3.79. The van der Waals surface area contributed by atoms with Crippen LogP contribution in [0.5, 0.6) is 0 Å². The molecule has 1 aromatic heterocycles. The third kappa shape index (κ3) is 6.69. The van der Waals surface area contributed by atoms with Gasteiger partial charge in [-0.2, -0.15) is 0 Å². The van der Waals surface area contributed by atoms with Crippen LogP contribution in [0.25, 0.3) is 0 Å². The van der Waals surface area contributed by atoms with Crippen molar-refractivity contribution in [3.05, 3.63) is 54.2 Å². The Labute approximate surface area is 173 Å². The molecule has 0 aliphatic carbocycles. The van der Waals surface area contributed by atoms with Crippen LogP contribution < -0.4 is 11.1 Å². The average molecular weight is 411 g/mol. The van der Waals surface area contributed by atoms with E-state index in [1.165, 1.54) is 5.56 Å². The number of hydrogen-bond acceptors (Lipinski definition) is 4. The number of likely N-dealkylation sites (tertiary alicyclic amines) is 1. The molecule has 7 heteroatoms. The van der Waals surface area contributed by atoms with Crippen molar-refractivity contribution in [1.29, 1.82) is 0 Å². The van der Waals surface area contributed by atoms with E-state index in [2.05, 4.69) is 45.5 Å². The lowest BCUT2D eigenvalue weighted by molar-refractivity contribution is -0.121. The fraction of sp³-hybridized carbons (Fsp3) is 0.400. The van der Waals surface area contributed by atoms with Crippen LogP contribution in [0.15, 0.2) is 48.7 Å². The van der Waals surface area contributed by atoms with Gasteiger partial charge >= 0.3 is 0 Å². The summed E-state index contributed by atoms with van der Waals surface area (Å²) in [6.07, 6.45) is 4.99. The minimum atomic E-state index is -0.143. The van der Waals surface area contributed by atoms with Crippen LogP contribution in [0, 0.1) is 5.92 Å². The van der Waals surface area contributed by atoms with Crippen molar-refractivity contribution in [3.63, 3.8) is 0 Å². The first-order valence-corrected chi connectivity index (χ1v) is 8.92. The minimum absolute atomic E-state index is 0. The molecule has 0 bridgehead atoms. The van der Waals surface area contributed by atoms with Crippen LogP contribution in [0.2, 0.25) is 0 Å². The Hall–Kier alpha value is -1.82. The molecule has 1 saturated heterocycles. The number of pyridine rings is 1. The molecule has 0 radical (unpaired) electrons. The van der Waals surface area contributed by atoms with E-state index >= 15 is 0 Å². The van der Waals surface area contributed by atoms with Crippen molar-refractivity contribution in [2.45, 2.75) is 32.2 Å². The number of hydrogen-bond donors (Lipinski definition) is 2. The Bertz CT molecular complexity index is 689. The normalized spacial score (nSPS) is 15.9. The van der Waals surface area contributed by atoms with E-state index in [0.29, 0.717) is 17.4 Å². The molecule has 1 aromatic carbocycles. The van der Waals surface area contributed by atoms with Gasteiger partial charge in [-0.15, -0.1) is 24.8 Å². The number of amides is 1. The van der Waals surface area contributed by atoms with E-state index in [1.807, 2.05) is 6.92 Å². The number of anilines is 2. The maximum atomic E-state index is 12.5. The highest BCUT2D eigenvalue weighted by Crippen LogP contribution is 2.23. The lowest BCUT2D eigenvalue weighted by Crippen LogP contribution is -2.46. The molecule has 1 fully saturated rings. The molecule has 2 aromatic rings. The number of carbonyl (C=O) groups is 1. The van der Waals surface area contributed by atoms with E-state index in [-0.39, 0.29) is 36.8 Å². The zero-order chi connectivity index (χ0) is 17.6. The number of nitrogens with one attached hydrogen (secondary N) is 1. The van der Waals surface area contributed by atoms with Gasteiger partial charge in [-0.05, 0) is 62.9 Å². The summed E-state index contributed by atoms with van der Waals surface area (Å²) in [5.41, 5.74) is 7.66. The summed E-state index contributed by atoms with van der Waals surface area (Å²) in [4.78, 5) is 18.7. The van der Waals surface area contributed by atoms with Gasteiger partial charge in [0, 0.05) is 0 Å². The quantitative estimate of drug-likeness (QED) is 0.786.